The van der Waals surface area contributed by atoms with Gasteiger partial charge in [-0.05, 0) is 74.9 Å². The number of carbonyl (C=O) groups excluding carboxylic acids is 2. The van der Waals surface area contributed by atoms with Gasteiger partial charge >= 0.3 is 0 Å². The van der Waals surface area contributed by atoms with E-state index in [0.717, 1.165) is 45.2 Å². The van der Waals surface area contributed by atoms with Crippen molar-refractivity contribution in [3.8, 4) is 0 Å². The van der Waals surface area contributed by atoms with Crippen molar-refractivity contribution >= 4 is 17.5 Å². The van der Waals surface area contributed by atoms with Crippen LogP contribution < -0.4 is 4.90 Å². The van der Waals surface area contributed by atoms with Gasteiger partial charge in [0.05, 0.1) is 5.92 Å². The maximum Gasteiger partial charge on any atom is 0.253 e. The summed E-state index contributed by atoms with van der Waals surface area (Å²) < 4.78 is 13.2. The zero-order chi connectivity index (χ0) is 22.9. The molecule has 0 aliphatic carbocycles. The molecule has 5 nitrogen and oxygen atoms in total. The Balaban J connectivity index is 1.19. The Morgan fingerprint density at radius 1 is 0.909 bits per heavy atom. The molecule has 3 aliphatic heterocycles. The van der Waals surface area contributed by atoms with E-state index >= 15 is 0 Å². The molecule has 3 aliphatic rings. The minimum Gasteiger partial charge on any atom is -0.365 e. The van der Waals surface area contributed by atoms with Crippen molar-refractivity contribution in [3.05, 3.63) is 65.5 Å². The minimum atomic E-state index is -0.353. The van der Waals surface area contributed by atoms with Gasteiger partial charge < -0.3 is 14.7 Å². The Labute approximate surface area is 195 Å². The molecule has 5 rings (SSSR count). The number of amides is 2. The number of likely N-dealkylation sites (tertiary alicyclic amines) is 2. The maximum absolute atomic E-state index is 13.3. The van der Waals surface area contributed by atoms with Gasteiger partial charge in [-0.25, -0.2) is 4.39 Å². The van der Waals surface area contributed by atoms with Gasteiger partial charge in [0, 0.05) is 49.5 Å². The van der Waals surface area contributed by atoms with Crippen molar-refractivity contribution in [2.75, 3.05) is 31.1 Å². The van der Waals surface area contributed by atoms with Crippen molar-refractivity contribution in [2.45, 2.75) is 51.1 Å². The number of benzene rings is 2. The first-order valence-electron chi connectivity index (χ1n) is 12.2. The molecule has 0 bridgehead atoms. The summed E-state index contributed by atoms with van der Waals surface area (Å²) in [5, 5.41) is 0. The summed E-state index contributed by atoms with van der Waals surface area (Å²) in [6, 6.07) is 15.3. The van der Waals surface area contributed by atoms with Crippen LogP contribution in [0.15, 0.2) is 48.5 Å². The van der Waals surface area contributed by atoms with Crippen molar-refractivity contribution < 1.29 is 14.0 Å². The average Bonchev–Trinajstić information content (AvgIpc) is 3.19. The highest BCUT2D eigenvalue weighted by atomic mass is 19.1. The Kier molecular flexibility index (Phi) is 6.09. The lowest BCUT2D eigenvalue weighted by molar-refractivity contribution is -0.138. The van der Waals surface area contributed by atoms with Crippen LogP contribution in [0.2, 0.25) is 0 Å². The molecule has 0 aromatic heterocycles. The molecule has 2 unspecified atom stereocenters. The molecule has 0 N–H and O–H groups in total. The standard InChI is InChI=1S/C27H32FN3O2/c1-19-17-21-5-2-3-7-25(21)31(19)24-12-15-29(16-13-24)27(33)22-6-4-14-30(18-22)26(32)20-8-10-23(28)11-9-20/h2-3,5,7-11,19,22,24H,4,6,12-18H2,1H3. The number of halogens is 1. The van der Waals surface area contributed by atoms with E-state index in [1.165, 1.54) is 35.5 Å². The molecule has 3 heterocycles. The summed E-state index contributed by atoms with van der Waals surface area (Å²) in [7, 11) is 0. The molecule has 2 saturated heterocycles. The molecule has 174 valence electrons. The fourth-order valence-corrected chi connectivity index (χ4v) is 5.91. The SMILES string of the molecule is CC1Cc2ccccc2N1C1CCN(C(=O)C2CCCN(C(=O)c3ccc(F)cc3)C2)CC1. The molecule has 2 aromatic rings. The van der Waals surface area contributed by atoms with E-state index in [0.29, 0.717) is 30.7 Å². The number of hydrogen-bond acceptors (Lipinski definition) is 3. The highest BCUT2D eigenvalue weighted by Crippen LogP contribution is 2.36. The summed E-state index contributed by atoms with van der Waals surface area (Å²) in [6.07, 6.45) is 4.70. The van der Waals surface area contributed by atoms with Crippen LogP contribution in [0, 0.1) is 11.7 Å². The smallest absolute Gasteiger partial charge is 0.253 e. The monoisotopic (exact) mass is 449 g/mol. The molecule has 0 radical (unpaired) electrons. The van der Waals surface area contributed by atoms with Crippen LogP contribution in [0.25, 0.3) is 0 Å². The van der Waals surface area contributed by atoms with E-state index < -0.39 is 0 Å². The van der Waals surface area contributed by atoms with Crippen molar-refractivity contribution in [1.29, 1.82) is 0 Å². The highest BCUT2D eigenvalue weighted by Gasteiger charge is 2.37. The second-order valence-electron chi connectivity index (χ2n) is 9.74. The Bertz CT molecular complexity index is 1020. The van der Waals surface area contributed by atoms with E-state index in [1.54, 1.807) is 4.90 Å². The van der Waals surface area contributed by atoms with E-state index in [1.807, 2.05) is 4.90 Å². The second-order valence-corrected chi connectivity index (χ2v) is 9.74. The average molecular weight is 450 g/mol. The predicted molar refractivity (Wildman–Crippen MR) is 127 cm³/mol. The first kappa shape index (κ1) is 21.9. The van der Waals surface area contributed by atoms with Gasteiger partial charge in [0.1, 0.15) is 5.82 Å². The van der Waals surface area contributed by atoms with Crippen LogP contribution in [0.1, 0.15) is 48.5 Å². The first-order chi connectivity index (χ1) is 16.0. The van der Waals surface area contributed by atoms with Gasteiger partial charge in [0.2, 0.25) is 5.91 Å². The van der Waals surface area contributed by atoms with Crippen LogP contribution in [0.4, 0.5) is 10.1 Å². The number of hydrogen-bond donors (Lipinski definition) is 0. The number of fused-ring (bicyclic) bond motifs is 1. The van der Waals surface area contributed by atoms with Crippen molar-refractivity contribution in [3.63, 3.8) is 0 Å². The van der Waals surface area contributed by atoms with E-state index in [4.69, 9.17) is 0 Å². The number of para-hydroxylation sites is 1. The van der Waals surface area contributed by atoms with E-state index in [2.05, 4.69) is 36.1 Å². The van der Waals surface area contributed by atoms with Crippen LogP contribution in [0.5, 0.6) is 0 Å². The normalized spacial score (nSPS) is 23.5. The zero-order valence-electron chi connectivity index (χ0n) is 19.3. The van der Waals surface area contributed by atoms with Crippen molar-refractivity contribution in [1.82, 2.24) is 9.80 Å². The molecule has 0 spiro atoms. The lowest BCUT2D eigenvalue weighted by Gasteiger charge is -2.42. The third-order valence-corrected chi connectivity index (χ3v) is 7.58. The molecule has 2 aromatic carbocycles. The van der Waals surface area contributed by atoms with Gasteiger partial charge in [-0.15, -0.1) is 0 Å². The predicted octanol–water partition coefficient (Wildman–Crippen LogP) is 4.12. The Hall–Kier alpha value is -2.89. The van der Waals surface area contributed by atoms with Gasteiger partial charge in [0.25, 0.3) is 5.91 Å². The highest BCUT2D eigenvalue weighted by molar-refractivity contribution is 5.94. The molecular weight excluding hydrogens is 417 g/mol. The second kappa shape index (κ2) is 9.16. The fraction of sp³-hybridized carbons (Fsp3) is 0.481. The minimum absolute atomic E-state index is 0.118. The molecule has 2 fully saturated rings. The number of carbonyl (C=O) groups is 2. The molecule has 0 saturated carbocycles. The summed E-state index contributed by atoms with van der Waals surface area (Å²) in [5.41, 5.74) is 3.26. The topological polar surface area (TPSA) is 43.9 Å². The maximum atomic E-state index is 13.3. The number of nitrogens with zero attached hydrogens (tertiary/aromatic N) is 3. The van der Waals surface area contributed by atoms with E-state index in [9.17, 15) is 14.0 Å². The first-order valence-corrected chi connectivity index (χ1v) is 12.2. The Morgan fingerprint density at radius 3 is 2.39 bits per heavy atom. The lowest BCUT2D eigenvalue weighted by Crippen LogP contribution is -2.52. The lowest BCUT2D eigenvalue weighted by atomic mass is 9.94. The van der Waals surface area contributed by atoms with Gasteiger partial charge in [-0.3, -0.25) is 9.59 Å². The van der Waals surface area contributed by atoms with Crippen molar-refractivity contribution in [2.24, 2.45) is 5.92 Å². The van der Waals surface area contributed by atoms with E-state index in [-0.39, 0.29) is 23.5 Å². The number of rotatable bonds is 3. The molecule has 2 atom stereocenters. The number of anilines is 1. The van der Waals surface area contributed by atoms with Crippen LogP contribution in [-0.4, -0.2) is 59.9 Å². The van der Waals surface area contributed by atoms with Crippen LogP contribution >= 0.6 is 0 Å². The zero-order valence-corrected chi connectivity index (χ0v) is 19.3. The molecule has 2 amide bonds. The molecule has 33 heavy (non-hydrogen) atoms. The molecular formula is C27H32FN3O2. The van der Waals surface area contributed by atoms with Crippen LogP contribution in [-0.2, 0) is 11.2 Å². The Morgan fingerprint density at radius 2 is 1.64 bits per heavy atom. The summed E-state index contributed by atoms with van der Waals surface area (Å²) in [4.78, 5) is 32.5. The fourth-order valence-electron chi connectivity index (χ4n) is 5.91. The largest absolute Gasteiger partial charge is 0.365 e. The van der Waals surface area contributed by atoms with Crippen LogP contribution in [0.3, 0.4) is 0 Å². The third kappa shape index (κ3) is 4.35. The summed E-state index contributed by atoms with van der Waals surface area (Å²) in [6.45, 7) is 4.95. The molecule has 6 heteroatoms. The summed E-state index contributed by atoms with van der Waals surface area (Å²) >= 11 is 0. The summed E-state index contributed by atoms with van der Waals surface area (Å²) in [5.74, 6) is -0.438. The quantitative estimate of drug-likeness (QED) is 0.708. The van der Waals surface area contributed by atoms with Gasteiger partial charge in [0.15, 0.2) is 0 Å². The van der Waals surface area contributed by atoms with Gasteiger partial charge in [-0.2, -0.15) is 0 Å². The third-order valence-electron chi connectivity index (χ3n) is 7.58. The van der Waals surface area contributed by atoms with Gasteiger partial charge in [-0.1, -0.05) is 18.2 Å². The number of piperidine rings is 2.